The number of piperazine rings is 1. The first kappa shape index (κ1) is 18.5. The van der Waals surface area contributed by atoms with Gasteiger partial charge in [0.15, 0.2) is 0 Å². The summed E-state index contributed by atoms with van der Waals surface area (Å²) >= 11 is 6.27. The molecule has 138 valence electrons. The number of methoxy groups -OCH3 is 1. The summed E-state index contributed by atoms with van der Waals surface area (Å²) < 4.78 is 5.14. The monoisotopic (exact) mass is 373 g/mol. The molecular formula is C20H24ClN3O2. The van der Waals surface area contributed by atoms with Crippen molar-refractivity contribution in [3.63, 3.8) is 0 Å². The van der Waals surface area contributed by atoms with Crippen LogP contribution in [0.5, 0.6) is 5.75 Å². The number of benzene rings is 2. The van der Waals surface area contributed by atoms with Crippen LogP contribution in [-0.2, 0) is 11.3 Å². The van der Waals surface area contributed by atoms with Crippen molar-refractivity contribution >= 4 is 23.2 Å². The Kier molecular flexibility index (Phi) is 6.36. The van der Waals surface area contributed by atoms with Gasteiger partial charge < -0.3 is 15.0 Å². The predicted molar refractivity (Wildman–Crippen MR) is 105 cm³/mol. The van der Waals surface area contributed by atoms with E-state index >= 15 is 0 Å². The second-order valence-corrected chi connectivity index (χ2v) is 6.75. The number of anilines is 1. The van der Waals surface area contributed by atoms with E-state index in [0.717, 1.165) is 48.2 Å². The van der Waals surface area contributed by atoms with Crippen LogP contribution in [0.1, 0.15) is 5.56 Å². The number of hydrogen-bond donors (Lipinski definition) is 1. The lowest BCUT2D eigenvalue weighted by atomic mass is 10.2. The molecule has 2 aromatic carbocycles. The molecular weight excluding hydrogens is 350 g/mol. The number of halogens is 1. The summed E-state index contributed by atoms with van der Waals surface area (Å²) in [5, 5.41) is 3.76. The summed E-state index contributed by atoms with van der Waals surface area (Å²) in [6.45, 7) is 4.39. The molecule has 0 aromatic heterocycles. The lowest BCUT2D eigenvalue weighted by Crippen LogP contribution is -2.49. The van der Waals surface area contributed by atoms with Gasteiger partial charge in [0.05, 0.1) is 24.4 Å². The summed E-state index contributed by atoms with van der Waals surface area (Å²) in [6, 6.07) is 15.6. The number of rotatable bonds is 6. The number of hydrogen-bond acceptors (Lipinski definition) is 4. The number of ether oxygens (including phenoxy) is 1. The molecule has 5 nitrogen and oxygen atoms in total. The highest BCUT2D eigenvalue weighted by atomic mass is 35.5. The van der Waals surface area contributed by atoms with Gasteiger partial charge in [-0.15, -0.1) is 0 Å². The van der Waals surface area contributed by atoms with Gasteiger partial charge in [0, 0.05) is 32.7 Å². The minimum atomic E-state index is 0.0482. The van der Waals surface area contributed by atoms with Crippen molar-refractivity contribution in [2.75, 3.05) is 44.7 Å². The highest BCUT2D eigenvalue weighted by Crippen LogP contribution is 2.25. The Morgan fingerprint density at radius 1 is 1.08 bits per heavy atom. The number of nitrogens with zero attached hydrogens (tertiary/aromatic N) is 2. The van der Waals surface area contributed by atoms with Crippen molar-refractivity contribution in [1.29, 1.82) is 0 Å². The maximum absolute atomic E-state index is 12.2. The fraction of sp³-hybridized carbons (Fsp3) is 0.350. The molecule has 1 amide bonds. The van der Waals surface area contributed by atoms with Crippen LogP contribution in [0.2, 0.25) is 5.02 Å². The number of carbonyl (C=O) groups excluding carboxylic acids is 1. The van der Waals surface area contributed by atoms with Crippen molar-refractivity contribution in [3.8, 4) is 5.75 Å². The molecule has 0 radical (unpaired) electrons. The molecule has 3 rings (SSSR count). The van der Waals surface area contributed by atoms with E-state index in [1.165, 1.54) is 0 Å². The van der Waals surface area contributed by atoms with Gasteiger partial charge in [-0.2, -0.15) is 0 Å². The molecule has 1 saturated heterocycles. The zero-order chi connectivity index (χ0) is 18.4. The van der Waals surface area contributed by atoms with E-state index in [1.54, 1.807) is 7.11 Å². The standard InChI is InChI=1S/C20H24ClN3O2/c1-26-17-8-6-16(7-9-17)14-22-20(25)15-23-10-12-24(13-11-23)19-5-3-2-4-18(19)21/h2-9H,10-15H2,1H3,(H,22,25). The van der Waals surface area contributed by atoms with Gasteiger partial charge in [-0.1, -0.05) is 35.9 Å². The van der Waals surface area contributed by atoms with Crippen LogP contribution in [0, 0.1) is 0 Å². The molecule has 1 fully saturated rings. The molecule has 6 heteroatoms. The summed E-state index contributed by atoms with van der Waals surface area (Å²) in [5.74, 6) is 0.864. The van der Waals surface area contributed by atoms with E-state index in [9.17, 15) is 4.79 Å². The molecule has 0 saturated carbocycles. The van der Waals surface area contributed by atoms with E-state index in [0.29, 0.717) is 13.1 Å². The highest BCUT2D eigenvalue weighted by Gasteiger charge is 2.20. The van der Waals surface area contributed by atoms with Crippen molar-refractivity contribution in [1.82, 2.24) is 10.2 Å². The Morgan fingerprint density at radius 2 is 1.77 bits per heavy atom. The van der Waals surface area contributed by atoms with Crippen molar-refractivity contribution < 1.29 is 9.53 Å². The smallest absolute Gasteiger partial charge is 0.234 e. The Labute approximate surface area is 159 Å². The van der Waals surface area contributed by atoms with Crippen LogP contribution in [-0.4, -0.2) is 50.6 Å². The minimum Gasteiger partial charge on any atom is -0.497 e. The van der Waals surface area contributed by atoms with Gasteiger partial charge in [0.25, 0.3) is 0 Å². The van der Waals surface area contributed by atoms with E-state index in [-0.39, 0.29) is 5.91 Å². The number of amides is 1. The Hall–Kier alpha value is -2.24. The van der Waals surface area contributed by atoms with Gasteiger partial charge in [-0.05, 0) is 29.8 Å². The second-order valence-electron chi connectivity index (χ2n) is 6.34. The first-order valence-corrected chi connectivity index (χ1v) is 9.15. The van der Waals surface area contributed by atoms with Crippen molar-refractivity contribution in [2.45, 2.75) is 6.54 Å². The molecule has 1 aliphatic heterocycles. The van der Waals surface area contributed by atoms with E-state index in [1.807, 2.05) is 48.5 Å². The number of para-hydroxylation sites is 1. The predicted octanol–water partition coefficient (Wildman–Crippen LogP) is 2.79. The summed E-state index contributed by atoms with van der Waals surface area (Å²) in [7, 11) is 1.64. The lowest BCUT2D eigenvalue weighted by molar-refractivity contribution is -0.122. The molecule has 26 heavy (non-hydrogen) atoms. The maximum Gasteiger partial charge on any atom is 0.234 e. The minimum absolute atomic E-state index is 0.0482. The molecule has 1 aliphatic rings. The molecule has 0 bridgehead atoms. The van der Waals surface area contributed by atoms with Crippen LogP contribution in [0.25, 0.3) is 0 Å². The third-order valence-electron chi connectivity index (χ3n) is 4.58. The third-order valence-corrected chi connectivity index (χ3v) is 4.90. The fourth-order valence-corrected chi connectivity index (χ4v) is 3.31. The van der Waals surface area contributed by atoms with Gasteiger partial charge in [0.2, 0.25) is 5.91 Å². The summed E-state index contributed by atoms with van der Waals surface area (Å²) in [6.07, 6.45) is 0. The topological polar surface area (TPSA) is 44.8 Å². The van der Waals surface area contributed by atoms with E-state index < -0.39 is 0 Å². The quantitative estimate of drug-likeness (QED) is 0.845. The Morgan fingerprint density at radius 3 is 2.42 bits per heavy atom. The first-order valence-electron chi connectivity index (χ1n) is 8.77. The van der Waals surface area contributed by atoms with Crippen molar-refractivity contribution in [2.24, 2.45) is 0 Å². The summed E-state index contributed by atoms with van der Waals surface area (Å²) in [5.41, 5.74) is 2.13. The number of nitrogens with one attached hydrogen (secondary N) is 1. The Balaban J connectivity index is 1.42. The van der Waals surface area contributed by atoms with Crippen LogP contribution in [0.3, 0.4) is 0 Å². The van der Waals surface area contributed by atoms with Crippen LogP contribution >= 0.6 is 11.6 Å². The molecule has 0 unspecified atom stereocenters. The molecule has 0 atom stereocenters. The van der Waals surface area contributed by atoms with Crippen molar-refractivity contribution in [3.05, 3.63) is 59.1 Å². The third kappa shape index (κ3) is 4.90. The summed E-state index contributed by atoms with van der Waals surface area (Å²) in [4.78, 5) is 16.7. The maximum atomic E-state index is 12.2. The van der Waals surface area contributed by atoms with Gasteiger partial charge in [0.1, 0.15) is 5.75 Å². The van der Waals surface area contributed by atoms with Gasteiger partial charge in [-0.3, -0.25) is 9.69 Å². The zero-order valence-electron chi connectivity index (χ0n) is 15.0. The van der Waals surface area contributed by atoms with Crippen LogP contribution in [0.4, 0.5) is 5.69 Å². The molecule has 1 N–H and O–H groups in total. The SMILES string of the molecule is COc1ccc(CNC(=O)CN2CCN(c3ccccc3Cl)CC2)cc1. The van der Waals surface area contributed by atoms with E-state index in [2.05, 4.69) is 15.1 Å². The first-order chi connectivity index (χ1) is 12.7. The average molecular weight is 374 g/mol. The second kappa shape index (κ2) is 8.92. The lowest BCUT2D eigenvalue weighted by Gasteiger charge is -2.36. The fourth-order valence-electron chi connectivity index (χ4n) is 3.06. The van der Waals surface area contributed by atoms with Gasteiger partial charge >= 0.3 is 0 Å². The average Bonchev–Trinajstić information content (AvgIpc) is 2.68. The zero-order valence-corrected chi connectivity index (χ0v) is 15.7. The van der Waals surface area contributed by atoms with Crippen LogP contribution < -0.4 is 15.0 Å². The van der Waals surface area contributed by atoms with Gasteiger partial charge in [-0.25, -0.2) is 0 Å². The molecule has 0 spiro atoms. The highest BCUT2D eigenvalue weighted by molar-refractivity contribution is 6.33. The molecule has 2 aromatic rings. The molecule has 0 aliphatic carbocycles. The molecule has 1 heterocycles. The largest absolute Gasteiger partial charge is 0.497 e. The normalized spacial score (nSPS) is 14.9. The van der Waals surface area contributed by atoms with Crippen LogP contribution in [0.15, 0.2) is 48.5 Å². The number of carbonyl (C=O) groups is 1. The Bertz CT molecular complexity index is 728. The van der Waals surface area contributed by atoms with E-state index in [4.69, 9.17) is 16.3 Å².